The maximum absolute atomic E-state index is 11.7. The molecule has 0 heterocycles. The molecule has 0 aliphatic heterocycles. The summed E-state index contributed by atoms with van der Waals surface area (Å²) >= 11 is 0. The predicted octanol–water partition coefficient (Wildman–Crippen LogP) is -0.635. The van der Waals surface area contributed by atoms with Crippen molar-refractivity contribution in [1.82, 2.24) is 10.2 Å². The molecule has 0 bridgehead atoms. The molecule has 0 saturated carbocycles. The number of esters is 1. The molecule has 0 aromatic rings. The normalized spacial score (nSPS) is 12.9. The first-order valence-electron chi connectivity index (χ1n) is 5.73. The number of ether oxygens (including phenoxy) is 1. The van der Waals surface area contributed by atoms with Crippen LogP contribution in [0, 0.1) is 5.92 Å². The van der Waals surface area contributed by atoms with Crippen molar-refractivity contribution < 1.29 is 34.1 Å². The minimum atomic E-state index is -1.53. The smallest absolute Gasteiger partial charge is 0.326 e. The van der Waals surface area contributed by atoms with Crippen molar-refractivity contribution in [1.29, 1.82) is 0 Å². The van der Waals surface area contributed by atoms with E-state index in [2.05, 4.69) is 10.1 Å². The first-order valence-corrected chi connectivity index (χ1v) is 5.73. The molecule has 1 unspecified atom stereocenters. The van der Waals surface area contributed by atoms with Crippen molar-refractivity contribution in [2.24, 2.45) is 5.92 Å². The van der Waals surface area contributed by atoms with Crippen molar-refractivity contribution in [3.63, 3.8) is 0 Å². The second-order valence-corrected chi connectivity index (χ2v) is 4.24. The Morgan fingerprint density at radius 2 is 1.80 bits per heavy atom. The van der Waals surface area contributed by atoms with E-state index in [0.29, 0.717) is 0 Å². The number of aliphatic carboxylic acids is 2. The molecule has 0 rings (SSSR count). The molecule has 2 amide bonds. The van der Waals surface area contributed by atoms with Gasteiger partial charge in [0.25, 0.3) is 0 Å². The van der Waals surface area contributed by atoms with E-state index >= 15 is 0 Å². The molecule has 0 radical (unpaired) electrons. The van der Waals surface area contributed by atoms with E-state index in [9.17, 15) is 19.2 Å². The van der Waals surface area contributed by atoms with E-state index in [-0.39, 0.29) is 6.54 Å². The number of carboxylic acid groups (broad SMARTS) is 2. The molecule has 2 atom stereocenters. The zero-order chi connectivity index (χ0) is 15.9. The van der Waals surface area contributed by atoms with Gasteiger partial charge >= 0.3 is 23.9 Å². The number of hydrogen-bond acceptors (Lipinski definition) is 5. The van der Waals surface area contributed by atoms with E-state index in [1.165, 1.54) is 14.2 Å². The summed E-state index contributed by atoms with van der Waals surface area (Å²) < 4.78 is 4.50. The zero-order valence-corrected chi connectivity index (χ0v) is 11.5. The first kappa shape index (κ1) is 17.7. The third-order valence-corrected chi connectivity index (χ3v) is 2.47. The molecule has 0 aromatic heterocycles. The van der Waals surface area contributed by atoms with Gasteiger partial charge in [0.05, 0.1) is 19.4 Å². The summed E-state index contributed by atoms with van der Waals surface area (Å²) in [5.41, 5.74) is 0. The van der Waals surface area contributed by atoms with Crippen LogP contribution in [0.3, 0.4) is 0 Å². The molecule has 114 valence electrons. The van der Waals surface area contributed by atoms with Gasteiger partial charge < -0.3 is 25.2 Å². The highest BCUT2D eigenvalue weighted by Gasteiger charge is 2.25. The maximum Gasteiger partial charge on any atom is 0.326 e. The van der Waals surface area contributed by atoms with Crippen LogP contribution in [0.2, 0.25) is 0 Å². The Bertz CT molecular complexity index is 396. The summed E-state index contributed by atoms with van der Waals surface area (Å²) in [5, 5.41) is 19.4. The van der Waals surface area contributed by atoms with Gasteiger partial charge in [0.2, 0.25) is 0 Å². The van der Waals surface area contributed by atoms with Gasteiger partial charge in [-0.25, -0.2) is 9.59 Å². The third-order valence-electron chi connectivity index (χ3n) is 2.47. The van der Waals surface area contributed by atoms with Gasteiger partial charge in [-0.05, 0) is 0 Å². The molecule has 9 heteroatoms. The SMILES string of the molecule is COC(=O)C(C)CN(C)C(=O)N[C@H](CC(=O)O)C(=O)O. The maximum atomic E-state index is 11.7. The quantitative estimate of drug-likeness (QED) is 0.531. The molecule has 20 heavy (non-hydrogen) atoms. The van der Waals surface area contributed by atoms with Crippen LogP contribution in [0.5, 0.6) is 0 Å². The molecule has 0 aliphatic rings. The largest absolute Gasteiger partial charge is 0.481 e. The molecule has 0 aliphatic carbocycles. The van der Waals surface area contributed by atoms with E-state index < -0.39 is 42.3 Å². The van der Waals surface area contributed by atoms with E-state index in [0.717, 1.165) is 4.90 Å². The van der Waals surface area contributed by atoms with Crippen LogP contribution in [-0.4, -0.2) is 65.8 Å². The molecule has 0 fully saturated rings. The molecular weight excluding hydrogens is 272 g/mol. The Hall–Kier alpha value is -2.32. The van der Waals surface area contributed by atoms with E-state index in [1.807, 2.05) is 0 Å². The van der Waals surface area contributed by atoms with Crippen LogP contribution < -0.4 is 5.32 Å². The molecule has 0 aromatic carbocycles. The summed E-state index contributed by atoms with van der Waals surface area (Å²) in [6.07, 6.45) is -0.735. The standard InChI is InChI=1S/C11H18N2O7/c1-6(10(18)20-3)5-13(2)11(19)12-7(9(16)17)4-8(14)15/h6-7H,4-5H2,1-3H3,(H,12,19)(H,14,15)(H,16,17)/t6?,7-/m1/s1. The van der Waals surface area contributed by atoms with Crippen molar-refractivity contribution >= 4 is 23.9 Å². The summed E-state index contributed by atoms with van der Waals surface area (Å²) in [7, 11) is 2.57. The number of methoxy groups -OCH3 is 1. The van der Waals surface area contributed by atoms with Crippen molar-refractivity contribution in [2.45, 2.75) is 19.4 Å². The number of urea groups is 1. The number of amides is 2. The highest BCUT2D eigenvalue weighted by molar-refractivity contribution is 5.86. The second kappa shape index (κ2) is 7.97. The second-order valence-electron chi connectivity index (χ2n) is 4.24. The Balaban J connectivity index is 4.53. The van der Waals surface area contributed by atoms with Crippen LogP contribution in [0.15, 0.2) is 0 Å². The van der Waals surface area contributed by atoms with Gasteiger partial charge in [-0.15, -0.1) is 0 Å². The predicted molar refractivity (Wildman–Crippen MR) is 66.0 cm³/mol. The van der Waals surface area contributed by atoms with E-state index in [4.69, 9.17) is 10.2 Å². The summed E-state index contributed by atoms with van der Waals surface area (Å²) in [6.45, 7) is 1.56. The lowest BCUT2D eigenvalue weighted by Crippen LogP contribution is -2.48. The molecule has 9 nitrogen and oxygen atoms in total. The number of carbonyl (C=O) groups is 4. The van der Waals surface area contributed by atoms with Gasteiger partial charge in [-0.3, -0.25) is 9.59 Å². The minimum Gasteiger partial charge on any atom is -0.481 e. The average Bonchev–Trinajstić information content (AvgIpc) is 2.35. The fraction of sp³-hybridized carbons (Fsp3) is 0.636. The third kappa shape index (κ3) is 6.03. The lowest BCUT2D eigenvalue weighted by atomic mass is 10.2. The topological polar surface area (TPSA) is 133 Å². The minimum absolute atomic E-state index is 0.0118. The summed E-state index contributed by atoms with van der Waals surface area (Å²) in [4.78, 5) is 45.2. The van der Waals surface area contributed by atoms with Gasteiger partial charge in [0, 0.05) is 13.6 Å². The number of carboxylic acids is 2. The first-order chi connectivity index (χ1) is 9.18. The van der Waals surface area contributed by atoms with Crippen molar-refractivity contribution in [2.75, 3.05) is 20.7 Å². The Morgan fingerprint density at radius 1 is 1.25 bits per heavy atom. The van der Waals surface area contributed by atoms with Crippen LogP contribution in [0.1, 0.15) is 13.3 Å². The Labute approximate surface area is 115 Å². The van der Waals surface area contributed by atoms with Crippen LogP contribution in [0.4, 0.5) is 4.79 Å². The van der Waals surface area contributed by atoms with Crippen molar-refractivity contribution in [3.05, 3.63) is 0 Å². The molecule has 0 saturated heterocycles. The monoisotopic (exact) mass is 290 g/mol. The Kier molecular flexibility index (Phi) is 7.05. The molecule has 3 N–H and O–H groups in total. The average molecular weight is 290 g/mol. The van der Waals surface area contributed by atoms with Crippen LogP contribution in [0.25, 0.3) is 0 Å². The number of hydrogen-bond donors (Lipinski definition) is 3. The molecular formula is C11H18N2O7. The van der Waals surface area contributed by atoms with Crippen LogP contribution >= 0.6 is 0 Å². The lowest BCUT2D eigenvalue weighted by molar-refractivity contribution is -0.145. The number of nitrogens with zero attached hydrogens (tertiary/aromatic N) is 1. The van der Waals surface area contributed by atoms with Gasteiger partial charge in [-0.2, -0.15) is 0 Å². The fourth-order valence-corrected chi connectivity index (χ4v) is 1.40. The number of nitrogens with one attached hydrogen (secondary N) is 1. The van der Waals surface area contributed by atoms with Crippen LogP contribution in [-0.2, 0) is 19.1 Å². The lowest BCUT2D eigenvalue weighted by Gasteiger charge is -2.22. The van der Waals surface area contributed by atoms with Crippen molar-refractivity contribution in [3.8, 4) is 0 Å². The van der Waals surface area contributed by atoms with Gasteiger partial charge in [0.15, 0.2) is 0 Å². The summed E-state index contributed by atoms with van der Waals surface area (Å²) in [6, 6.07) is -2.31. The van der Waals surface area contributed by atoms with E-state index in [1.54, 1.807) is 6.92 Å². The fourth-order valence-electron chi connectivity index (χ4n) is 1.40. The number of rotatable bonds is 7. The van der Waals surface area contributed by atoms with Gasteiger partial charge in [0.1, 0.15) is 6.04 Å². The zero-order valence-electron chi connectivity index (χ0n) is 11.5. The molecule has 0 spiro atoms. The number of carbonyl (C=O) groups excluding carboxylic acids is 2. The Morgan fingerprint density at radius 3 is 2.20 bits per heavy atom. The summed E-state index contributed by atoms with van der Waals surface area (Å²) in [5.74, 6) is -3.89. The van der Waals surface area contributed by atoms with Gasteiger partial charge in [-0.1, -0.05) is 6.92 Å². The highest BCUT2D eigenvalue weighted by atomic mass is 16.5. The highest BCUT2D eigenvalue weighted by Crippen LogP contribution is 2.02.